The molecule has 1 aliphatic heterocycles. The maximum Gasteiger partial charge on any atom is 0.364 e. The van der Waals surface area contributed by atoms with Gasteiger partial charge >= 0.3 is 5.97 Å². The average molecular weight is 322 g/mol. The molecular formula is C13H22O9. The lowest BCUT2D eigenvalue weighted by molar-refractivity contribution is -0.296. The van der Waals surface area contributed by atoms with E-state index in [2.05, 4.69) is 0 Å². The van der Waals surface area contributed by atoms with Gasteiger partial charge in [0.25, 0.3) is 5.79 Å². The Morgan fingerprint density at radius 2 is 1.91 bits per heavy atom. The van der Waals surface area contributed by atoms with Crippen molar-refractivity contribution in [3.8, 4) is 0 Å². The average Bonchev–Trinajstić information content (AvgIpc) is 2.47. The zero-order chi connectivity index (χ0) is 17.1. The Morgan fingerprint density at radius 3 is 2.36 bits per heavy atom. The number of ether oxygens (including phenoxy) is 1. The van der Waals surface area contributed by atoms with E-state index in [0.29, 0.717) is 0 Å². The van der Waals surface area contributed by atoms with Crippen LogP contribution in [-0.2, 0) is 14.3 Å². The van der Waals surface area contributed by atoms with Gasteiger partial charge in [-0.2, -0.15) is 0 Å². The Morgan fingerprint density at radius 1 is 1.32 bits per heavy atom. The summed E-state index contributed by atoms with van der Waals surface area (Å²) in [7, 11) is 0. The van der Waals surface area contributed by atoms with Crippen LogP contribution in [0, 0.1) is 11.8 Å². The molecule has 1 aliphatic rings. The monoisotopic (exact) mass is 322 g/mol. The van der Waals surface area contributed by atoms with E-state index in [9.17, 15) is 24.9 Å². The van der Waals surface area contributed by atoms with Gasteiger partial charge in [0.2, 0.25) is 0 Å². The first-order valence-electron chi connectivity index (χ1n) is 6.89. The van der Waals surface area contributed by atoms with Gasteiger partial charge in [-0.05, 0) is 11.8 Å². The summed E-state index contributed by atoms with van der Waals surface area (Å²) in [6, 6.07) is 0. The van der Waals surface area contributed by atoms with E-state index in [4.69, 9.17) is 20.1 Å². The van der Waals surface area contributed by atoms with Crippen LogP contribution in [0.2, 0.25) is 0 Å². The number of hydrogen-bond acceptors (Lipinski definition) is 8. The lowest BCUT2D eigenvalue weighted by Crippen LogP contribution is -2.59. The number of Topliss-reactive ketones (excluding diaryl/α,β-unsaturated/α-hetero) is 1. The van der Waals surface area contributed by atoms with Crippen molar-refractivity contribution in [1.82, 2.24) is 0 Å². The molecule has 0 aromatic heterocycles. The van der Waals surface area contributed by atoms with E-state index in [1.165, 1.54) is 0 Å². The molecule has 6 atom stereocenters. The van der Waals surface area contributed by atoms with Crippen LogP contribution in [0.3, 0.4) is 0 Å². The van der Waals surface area contributed by atoms with Crippen LogP contribution in [0.15, 0.2) is 0 Å². The standard InChI is InChI=1S/C13H22O9/c1-6-3-13(21,12(19)20)22-11(10(18)9(17)5-15)8(6)2-7(16)4-14/h6,8-11,14-15,17-18,21H,2-5H2,1H3,(H,19,20). The largest absolute Gasteiger partial charge is 0.477 e. The number of rotatable bonds is 7. The molecule has 0 aliphatic carbocycles. The van der Waals surface area contributed by atoms with Gasteiger partial charge < -0.3 is 35.4 Å². The molecule has 1 saturated heterocycles. The highest BCUT2D eigenvalue weighted by molar-refractivity contribution is 5.80. The van der Waals surface area contributed by atoms with Crippen molar-refractivity contribution in [1.29, 1.82) is 0 Å². The number of carboxylic acids is 1. The van der Waals surface area contributed by atoms with Gasteiger partial charge in [-0.15, -0.1) is 0 Å². The maximum absolute atomic E-state index is 11.5. The minimum atomic E-state index is -2.56. The predicted molar refractivity (Wildman–Crippen MR) is 70.5 cm³/mol. The quantitative estimate of drug-likeness (QED) is 0.296. The van der Waals surface area contributed by atoms with Gasteiger partial charge in [0.1, 0.15) is 18.8 Å². The fourth-order valence-electron chi connectivity index (χ4n) is 2.70. The summed E-state index contributed by atoms with van der Waals surface area (Å²) in [5.74, 6) is -6.02. The summed E-state index contributed by atoms with van der Waals surface area (Å²) in [6.07, 6.45) is -5.24. The van der Waals surface area contributed by atoms with Crippen LogP contribution in [0.5, 0.6) is 0 Å². The Balaban J connectivity index is 3.07. The maximum atomic E-state index is 11.5. The first-order chi connectivity index (χ1) is 10.2. The number of hydrogen-bond donors (Lipinski definition) is 6. The summed E-state index contributed by atoms with van der Waals surface area (Å²) in [6.45, 7) is 0.0379. The zero-order valence-electron chi connectivity index (χ0n) is 12.1. The molecule has 1 heterocycles. The molecule has 0 radical (unpaired) electrons. The Labute approximate surface area is 126 Å². The molecule has 1 rings (SSSR count). The van der Waals surface area contributed by atoms with E-state index < -0.39 is 60.9 Å². The second kappa shape index (κ2) is 7.44. The number of aliphatic hydroxyl groups is 5. The highest BCUT2D eigenvalue weighted by Crippen LogP contribution is 2.39. The minimum Gasteiger partial charge on any atom is -0.477 e. The first kappa shape index (κ1) is 18.9. The lowest BCUT2D eigenvalue weighted by atomic mass is 9.75. The lowest BCUT2D eigenvalue weighted by Gasteiger charge is -2.45. The normalized spacial score (nSPS) is 34.9. The van der Waals surface area contributed by atoms with Crippen LogP contribution in [0.4, 0.5) is 0 Å². The first-order valence-corrected chi connectivity index (χ1v) is 6.89. The molecule has 1 fully saturated rings. The van der Waals surface area contributed by atoms with Crippen LogP contribution in [0.1, 0.15) is 19.8 Å². The third kappa shape index (κ3) is 4.00. The van der Waals surface area contributed by atoms with Crippen molar-refractivity contribution in [2.45, 2.75) is 43.9 Å². The Bertz CT molecular complexity index is 412. The molecule has 9 nitrogen and oxygen atoms in total. The van der Waals surface area contributed by atoms with Crippen molar-refractivity contribution < 1.29 is 45.0 Å². The molecular weight excluding hydrogens is 300 g/mol. The van der Waals surface area contributed by atoms with E-state index >= 15 is 0 Å². The third-order valence-electron chi connectivity index (χ3n) is 3.97. The number of aliphatic carboxylic acids is 1. The second-order valence-electron chi connectivity index (χ2n) is 5.66. The summed E-state index contributed by atoms with van der Waals surface area (Å²) in [5, 5.41) is 56.3. The van der Waals surface area contributed by atoms with Crippen molar-refractivity contribution in [2.24, 2.45) is 11.8 Å². The van der Waals surface area contributed by atoms with Gasteiger partial charge in [-0.25, -0.2) is 4.79 Å². The highest BCUT2D eigenvalue weighted by atomic mass is 16.7. The Kier molecular flexibility index (Phi) is 6.41. The molecule has 0 amide bonds. The highest BCUT2D eigenvalue weighted by Gasteiger charge is 2.52. The predicted octanol–water partition coefficient (Wildman–Crippen LogP) is -2.53. The summed E-state index contributed by atoms with van der Waals surface area (Å²) < 4.78 is 5.05. The number of carbonyl (C=O) groups excluding carboxylic acids is 1. The van der Waals surface area contributed by atoms with Gasteiger partial charge in [-0.1, -0.05) is 6.92 Å². The van der Waals surface area contributed by atoms with Crippen molar-refractivity contribution >= 4 is 11.8 Å². The molecule has 0 spiro atoms. The summed E-state index contributed by atoms with van der Waals surface area (Å²) in [5.41, 5.74) is 0. The van der Waals surface area contributed by atoms with E-state index in [-0.39, 0.29) is 12.8 Å². The van der Waals surface area contributed by atoms with Crippen LogP contribution in [0.25, 0.3) is 0 Å². The van der Waals surface area contributed by atoms with Gasteiger partial charge in [-0.3, -0.25) is 4.79 Å². The summed E-state index contributed by atoms with van der Waals surface area (Å²) in [4.78, 5) is 22.6. The van der Waals surface area contributed by atoms with E-state index in [1.807, 2.05) is 0 Å². The molecule has 0 saturated carbocycles. The molecule has 6 unspecified atom stereocenters. The number of ketones is 1. The van der Waals surface area contributed by atoms with E-state index in [0.717, 1.165) is 0 Å². The minimum absolute atomic E-state index is 0.215. The fraction of sp³-hybridized carbons (Fsp3) is 0.846. The number of carbonyl (C=O) groups is 2. The van der Waals surface area contributed by atoms with Crippen molar-refractivity contribution in [2.75, 3.05) is 13.2 Å². The second-order valence-corrected chi connectivity index (χ2v) is 5.66. The fourth-order valence-corrected chi connectivity index (χ4v) is 2.70. The number of aliphatic hydroxyl groups excluding tert-OH is 4. The smallest absolute Gasteiger partial charge is 0.364 e. The topological polar surface area (TPSA) is 165 Å². The third-order valence-corrected chi connectivity index (χ3v) is 3.97. The molecule has 128 valence electrons. The molecule has 0 bridgehead atoms. The van der Waals surface area contributed by atoms with Crippen molar-refractivity contribution in [3.63, 3.8) is 0 Å². The van der Waals surface area contributed by atoms with Gasteiger partial charge in [0.15, 0.2) is 5.78 Å². The summed E-state index contributed by atoms with van der Waals surface area (Å²) >= 11 is 0. The molecule has 22 heavy (non-hydrogen) atoms. The molecule has 6 N–H and O–H groups in total. The van der Waals surface area contributed by atoms with Gasteiger partial charge in [0.05, 0.1) is 12.7 Å². The van der Waals surface area contributed by atoms with Gasteiger partial charge in [0, 0.05) is 12.8 Å². The number of carboxylic acid groups (broad SMARTS) is 1. The van der Waals surface area contributed by atoms with E-state index in [1.54, 1.807) is 6.92 Å². The van der Waals surface area contributed by atoms with Crippen LogP contribution < -0.4 is 0 Å². The van der Waals surface area contributed by atoms with Crippen LogP contribution in [-0.4, -0.2) is 79.7 Å². The molecule has 9 heteroatoms. The Hall–Kier alpha value is -1.10. The van der Waals surface area contributed by atoms with Crippen LogP contribution >= 0.6 is 0 Å². The molecule has 0 aromatic rings. The SMILES string of the molecule is CC1CC(O)(C(=O)O)OC(C(O)C(O)CO)C1CC(=O)CO. The molecule has 0 aromatic carbocycles. The zero-order valence-corrected chi connectivity index (χ0v) is 12.1. The van der Waals surface area contributed by atoms with Crippen molar-refractivity contribution in [3.05, 3.63) is 0 Å².